The van der Waals surface area contributed by atoms with Gasteiger partial charge in [0.05, 0.1) is 4.90 Å². The maximum atomic E-state index is 12.9. The van der Waals surface area contributed by atoms with Gasteiger partial charge in [-0.3, -0.25) is 4.79 Å². The van der Waals surface area contributed by atoms with Gasteiger partial charge in [0.2, 0.25) is 0 Å². The van der Waals surface area contributed by atoms with Gasteiger partial charge in [0.1, 0.15) is 10.1 Å². The van der Waals surface area contributed by atoms with E-state index < -0.39 is 15.0 Å². The zero-order valence-corrected chi connectivity index (χ0v) is 17.0. The van der Waals surface area contributed by atoms with Gasteiger partial charge in [0, 0.05) is 22.3 Å². The third-order valence-electron chi connectivity index (χ3n) is 4.36. The van der Waals surface area contributed by atoms with Crippen molar-refractivity contribution >= 4 is 39.3 Å². The van der Waals surface area contributed by atoms with E-state index in [1.54, 1.807) is 12.1 Å². The van der Waals surface area contributed by atoms with Crippen LogP contribution in [0.2, 0.25) is 0 Å². The predicted octanol–water partition coefficient (Wildman–Crippen LogP) is 0.389. The van der Waals surface area contributed by atoms with E-state index in [1.165, 1.54) is 18.2 Å². The number of benzene rings is 3. The Kier molecular flexibility index (Phi) is 4.87. The van der Waals surface area contributed by atoms with Crippen LogP contribution in [0.1, 0.15) is 21.5 Å². The fourth-order valence-corrected chi connectivity index (χ4v) is 4.04. The van der Waals surface area contributed by atoms with Crippen LogP contribution in [0.4, 0.5) is 0 Å². The molecule has 3 aromatic rings. The van der Waals surface area contributed by atoms with E-state index in [4.69, 9.17) is 0 Å². The number of fused-ring (bicyclic) bond motifs is 2. The molecule has 25 heavy (non-hydrogen) atoms. The molecule has 0 aliphatic heterocycles. The Labute approximate surface area is 172 Å². The van der Waals surface area contributed by atoms with E-state index >= 15 is 0 Å². The Morgan fingerprint density at radius 1 is 0.920 bits per heavy atom. The molecule has 1 aliphatic rings. The second-order valence-corrected chi connectivity index (χ2v) is 7.35. The van der Waals surface area contributed by atoms with Crippen molar-refractivity contribution in [1.29, 1.82) is 0 Å². The molecule has 0 atom stereocenters. The van der Waals surface area contributed by atoms with Crippen molar-refractivity contribution in [1.82, 2.24) is 0 Å². The van der Waals surface area contributed by atoms with Gasteiger partial charge in [-0.15, -0.1) is 0 Å². The number of rotatable bonds is 2. The van der Waals surface area contributed by atoms with Crippen LogP contribution in [0.15, 0.2) is 53.4 Å². The Morgan fingerprint density at radius 2 is 1.64 bits per heavy atom. The molecule has 0 unspecified atom stereocenters. The minimum Gasteiger partial charge on any atom is -0.744 e. The summed E-state index contributed by atoms with van der Waals surface area (Å²) in [7, 11) is -4.61. The van der Waals surface area contributed by atoms with E-state index in [-0.39, 0.29) is 40.9 Å². The zero-order chi connectivity index (χ0) is 17.1. The van der Waals surface area contributed by atoms with Gasteiger partial charge < -0.3 is 4.55 Å². The molecule has 7 heteroatoms. The predicted molar refractivity (Wildman–Crippen MR) is 93.5 cm³/mol. The molecule has 0 bridgehead atoms. The second-order valence-electron chi connectivity index (χ2n) is 5.65. The maximum Gasteiger partial charge on any atom is 1.00 e. The third kappa shape index (κ3) is 2.87. The Bertz CT molecular complexity index is 1140. The molecular weight excluding hydrogens is 367 g/mol. The normalized spacial score (nSPS) is 12.6. The zero-order valence-electron chi connectivity index (χ0n) is 13.3. The topological polar surface area (TPSA) is 74.3 Å². The molecule has 0 N–H and O–H groups in total. The average molecular weight is 378 g/mol. The number of carbonyl (C=O) groups is 1. The van der Waals surface area contributed by atoms with Gasteiger partial charge >= 0.3 is 29.6 Å². The van der Waals surface area contributed by atoms with Gasteiger partial charge in [-0.25, -0.2) is 8.42 Å². The summed E-state index contributed by atoms with van der Waals surface area (Å²) in [5.74, 6) is 0.277. The van der Waals surface area contributed by atoms with E-state index in [2.05, 4.69) is 12.6 Å². The Balaban J connectivity index is 0.00000182. The monoisotopic (exact) mass is 378 g/mol. The number of carbonyl (C=O) groups excluding carboxylic acids is 1. The van der Waals surface area contributed by atoms with Gasteiger partial charge in [-0.1, -0.05) is 36.4 Å². The summed E-state index contributed by atoms with van der Waals surface area (Å²) in [6.45, 7) is 0. The number of hydrogen-bond acceptors (Lipinski definition) is 5. The first-order valence-electron chi connectivity index (χ1n) is 7.22. The fourth-order valence-electron chi connectivity index (χ4n) is 3.27. The van der Waals surface area contributed by atoms with Crippen LogP contribution in [-0.2, 0) is 15.9 Å². The molecule has 0 aromatic heterocycles. The van der Waals surface area contributed by atoms with Crippen LogP contribution in [0.5, 0.6) is 0 Å². The summed E-state index contributed by atoms with van der Waals surface area (Å²) in [5, 5.41) is 1.80. The van der Waals surface area contributed by atoms with Crippen LogP contribution in [-0.4, -0.2) is 18.8 Å². The number of ketones is 1. The summed E-state index contributed by atoms with van der Waals surface area (Å²) in [6.07, 6.45) is 0. The summed E-state index contributed by atoms with van der Waals surface area (Å²) >= 11 is 4.34. The first kappa shape index (κ1) is 18.6. The van der Waals surface area contributed by atoms with E-state index in [0.29, 0.717) is 16.9 Å². The van der Waals surface area contributed by atoms with Crippen molar-refractivity contribution in [3.8, 4) is 11.1 Å². The van der Waals surface area contributed by atoms with Crippen LogP contribution < -0.4 is 29.6 Å². The van der Waals surface area contributed by atoms with Gasteiger partial charge in [-0.05, 0) is 34.2 Å². The van der Waals surface area contributed by atoms with Crippen LogP contribution >= 0.6 is 12.6 Å². The van der Waals surface area contributed by atoms with Crippen molar-refractivity contribution < 1.29 is 47.3 Å². The van der Waals surface area contributed by atoms with Crippen LogP contribution in [0.3, 0.4) is 0 Å². The van der Waals surface area contributed by atoms with Crippen molar-refractivity contribution in [2.45, 2.75) is 10.6 Å². The van der Waals surface area contributed by atoms with Crippen molar-refractivity contribution in [3.05, 3.63) is 65.2 Å². The standard InChI is InChI=1S/C18H12O4S2.Na/c19-18-15-3-1-2-12-10(9-23)4-6-14(17(12)15)13-7-5-11(8-16(13)18)24(20,21)22;/h1-8,23H,9H2,(H,20,21,22);/q;+1/p-1. The summed E-state index contributed by atoms with van der Waals surface area (Å²) in [6, 6.07) is 13.3. The van der Waals surface area contributed by atoms with Crippen molar-refractivity contribution in [3.63, 3.8) is 0 Å². The largest absolute Gasteiger partial charge is 1.00 e. The maximum absolute atomic E-state index is 12.9. The van der Waals surface area contributed by atoms with Crippen molar-refractivity contribution in [2.24, 2.45) is 0 Å². The molecule has 0 spiro atoms. The molecule has 0 heterocycles. The molecule has 0 fully saturated rings. The molecular formula is C18H11NaO4S2. The average Bonchev–Trinajstić information content (AvgIpc) is 2.57. The first-order chi connectivity index (χ1) is 11.4. The molecule has 120 valence electrons. The molecule has 4 nitrogen and oxygen atoms in total. The number of hydrogen-bond donors (Lipinski definition) is 1. The minimum absolute atomic E-state index is 0. The molecule has 1 aliphatic carbocycles. The third-order valence-corrected chi connectivity index (χ3v) is 5.53. The van der Waals surface area contributed by atoms with Gasteiger partial charge in [0.25, 0.3) is 0 Å². The molecule has 0 radical (unpaired) electrons. The van der Waals surface area contributed by atoms with Crippen LogP contribution in [0, 0.1) is 0 Å². The molecule has 4 rings (SSSR count). The van der Waals surface area contributed by atoms with Crippen LogP contribution in [0.25, 0.3) is 21.9 Å². The smallest absolute Gasteiger partial charge is 0.744 e. The summed E-state index contributed by atoms with van der Waals surface area (Å²) in [4.78, 5) is 12.5. The van der Waals surface area contributed by atoms with Gasteiger partial charge in [-0.2, -0.15) is 12.6 Å². The SMILES string of the molecule is O=C1c2cc(S(=O)(=O)[O-])ccc2-c2ccc(CS)c3cccc1c23.[Na+]. The molecule has 0 saturated heterocycles. The second kappa shape index (κ2) is 6.54. The van der Waals surface area contributed by atoms with E-state index in [0.717, 1.165) is 21.9 Å². The minimum atomic E-state index is -4.61. The summed E-state index contributed by atoms with van der Waals surface area (Å²) in [5.41, 5.74) is 3.27. The molecule has 3 aromatic carbocycles. The van der Waals surface area contributed by atoms with E-state index in [9.17, 15) is 17.8 Å². The van der Waals surface area contributed by atoms with Gasteiger partial charge in [0.15, 0.2) is 5.78 Å². The Hall–Kier alpha value is -1.15. The summed E-state index contributed by atoms with van der Waals surface area (Å²) < 4.78 is 33.8. The quantitative estimate of drug-likeness (QED) is 0.311. The first-order valence-corrected chi connectivity index (χ1v) is 9.26. The Morgan fingerprint density at radius 3 is 2.32 bits per heavy atom. The van der Waals surface area contributed by atoms with Crippen molar-refractivity contribution in [2.75, 3.05) is 0 Å². The molecule has 0 saturated carbocycles. The molecule has 0 amide bonds. The van der Waals surface area contributed by atoms with E-state index in [1.807, 2.05) is 18.2 Å². The fraction of sp³-hybridized carbons (Fsp3) is 0.0556. The number of thiol groups is 1.